The molecule has 0 heterocycles. The van der Waals surface area contributed by atoms with Crippen molar-refractivity contribution in [2.45, 2.75) is 52.5 Å². The summed E-state index contributed by atoms with van der Waals surface area (Å²) in [6, 6.07) is 7.13. The van der Waals surface area contributed by atoms with Crippen molar-refractivity contribution >= 4 is 0 Å². The second-order valence-electron chi connectivity index (χ2n) is 5.98. The maximum atomic E-state index is 5.80. The van der Waals surface area contributed by atoms with Crippen molar-refractivity contribution in [2.24, 2.45) is 17.7 Å². The van der Waals surface area contributed by atoms with Gasteiger partial charge in [0.1, 0.15) is 0 Å². The minimum atomic E-state index is 0.419. The molecule has 0 spiro atoms. The number of hydrogen-bond acceptors (Lipinski definition) is 2. The fourth-order valence-corrected chi connectivity index (χ4v) is 3.36. The van der Waals surface area contributed by atoms with Gasteiger partial charge >= 0.3 is 0 Å². The van der Waals surface area contributed by atoms with Crippen molar-refractivity contribution in [3.63, 3.8) is 0 Å². The van der Waals surface area contributed by atoms with Crippen molar-refractivity contribution in [1.82, 2.24) is 5.43 Å². The largest absolute Gasteiger partial charge is 0.271 e. The third-order valence-electron chi connectivity index (χ3n) is 4.60. The molecule has 2 nitrogen and oxygen atoms in total. The number of hydrazine groups is 1. The highest BCUT2D eigenvalue weighted by atomic mass is 15.2. The molecule has 3 N–H and O–H groups in total. The van der Waals surface area contributed by atoms with E-state index in [4.69, 9.17) is 5.84 Å². The van der Waals surface area contributed by atoms with E-state index in [0.717, 1.165) is 18.3 Å². The van der Waals surface area contributed by atoms with Gasteiger partial charge in [0, 0.05) is 6.04 Å². The van der Waals surface area contributed by atoms with Gasteiger partial charge in [0.25, 0.3) is 0 Å². The molecule has 0 bridgehead atoms. The Bertz CT molecular complexity index is 400. The molecule has 0 radical (unpaired) electrons. The van der Waals surface area contributed by atoms with Crippen LogP contribution in [0.25, 0.3) is 0 Å². The van der Waals surface area contributed by atoms with Gasteiger partial charge in [0.2, 0.25) is 0 Å². The zero-order valence-electron chi connectivity index (χ0n) is 11.9. The molecule has 0 aliphatic heterocycles. The molecular formula is C16H26N2. The number of aryl methyl sites for hydroxylation is 2. The monoisotopic (exact) mass is 246 g/mol. The van der Waals surface area contributed by atoms with Crippen molar-refractivity contribution in [2.75, 3.05) is 0 Å². The molecule has 1 fully saturated rings. The quantitative estimate of drug-likeness (QED) is 0.633. The maximum Gasteiger partial charge on any atom is 0.0281 e. The van der Waals surface area contributed by atoms with E-state index in [2.05, 4.69) is 44.4 Å². The first-order valence-corrected chi connectivity index (χ1v) is 7.14. The van der Waals surface area contributed by atoms with Crippen LogP contribution in [-0.4, -0.2) is 6.04 Å². The highest BCUT2D eigenvalue weighted by Gasteiger charge is 2.30. The molecule has 0 aromatic heterocycles. The molecule has 2 rings (SSSR count). The molecule has 0 amide bonds. The third kappa shape index (κ3) is 2.93. The minimum absolute atomic E-state index is 0.419. The maximum absolute atomic E-state index is 5.80. The molecule has 100 valence electrons. The summed E-state index contributed by atoms with van der Waals surface area (Å²) in [6.45, 7) is 6.72. The topological polar surface area (TPSA) is 38.0 Å². The van der Waals surface area contributed by atoms with Crippen LogP contribution in [0, 0.1) is 25.7 Å². The summed E-state index contributed by atoms with van der Waals surface area (Å²) in [7, 11) is 0. The first-order valence-electron chi connectivity index (χ1n) is 7.14. The molecule has 18 heavy (non-hydrogen) atoms. The fraction of sp³-hybridized carbons (Fsp3) is 0.625. The van der Waals surface area contributed by atoms with Crippen molar-refractivity contribution < 1.29 is 0 Å². The Balaban J connectivity index is 2.12. The van der Waals surface area contributed by atoms with Gasteiger partial charge < -0.3 is 0 Å². The molecule has 1 aliphatic rings. The lowest BCUT2D eigenvalue weighted by molar-refractivity contribution is 0.297. The fourth-order valence-electron chi connectivity index (χ4n) is 3.36. The van der Waals surface area contributed by atoms with Crippen LogP contribution in [0.5, 0.6) is 0 Å². The number of nitrogens with two attached hydrogens (primary N) is 1. The van der Waals surface area contributed by atoms with Crippen LogP contribution < -0.4 is 11.3 Å². The molecule has 2 heteroatoms. The lowest BCUT2D eigenvalue weighted by Gasteiger charge is -2.27. The molecule has 3 atom stereocenters. The highest BCUT2D eigenvalue weighted by Crippen LogP contribution is 2.34. The van der Waals surface area contributed by atoms with Gasteiger partial charge in [0.05, 0.1) is 0 Å². The van der Waals surface area contributed by atoms with E-state index in [1.54, 1.807) is 0 Å². The third-order valence-corrected chi connectivity index (χ3v) is 4.60. The Morgan fingerprint density at radius 1 is 1.33 bits per heavy atom. The van der Waals surface area contributed by atoms with Crippen LogP contribution in [0.1, 0.15) is 42.9 Å². The first-order chi connectivity index (χ1) is 8.61. The summed E-state index contributed by atoms with van der Waals surface area (Å²) >= 11 is 0. The number of benzene rings is 1. The summed E-state index contributed by atoms with van der Waals surface area (Å²) in [6.07, 6.45) is 5.09. The van der Waals surface area contributed by atoms with Gasteiger partial charge in [-0.05, 0) is 49.7 Å². The summed E-state index contributed by atoms with van der Waals surface area (Å²) < 4.78 is 0. The van der Waals surface area contributed by atoms with Crippen LogP contribution in [0.3, 0.4) is 0 Å². The Labute approximate surface area is 111 Å². The number of nitrogens with one attached hydrogen (secondary N) is 1. The second kappa shape index (κ2) is 5.85. The van der Waals surface area contributed by atoms with Crippen LogP contribution in [-0.2, 0) is 6.42 Å². The van der Waals surface area contributed by atoms with E-state index in [0.29, 0.717) is 6.04 Å². The average Bonchev–Trinajstić information content (AvgIpc) is 2.77. The van der Waals surface area contributed by atoms with Crippen LogP contribution in [0.4, 0.5) is 0 Å². The van der Waals surface area contributed by atoms with Gasteiger partial charge in [-0.15, -0.1) is 0 Å². The Hall–Kier alpha value is -0.860. The van der Waals surface area contributed by atoms with E-state index < -0.39 is 0 Å². The van der Waals surface area contributed by atoms with Crippen LogP contribution in [0.15, 0.2) is 18.2 Å². The Kier molecular flexibility index (Phi) is 4.41. The zero-order valence-corrected chi connectivity index (χ0v) is 11.9. The summed E-state index contributed by atoms with van der Waals surface area (Å²) in [5.41, 5.74) is 7.23. The standard InChI is InChI=1S/C16H26N2/c1-11-7-8-12(2)14(9-11)10-16(18-17)15-6-4-5-13(15)3/h7-9,13,15-16,18H,4-6,10,17H2,1-3H3. The van der Waals surface area contributed by atoms with Gasteiger partial charge in [-0.25, -0.2) is 0 Å². The number of rotatable bonds is 4. The number of hydrogen-bond donors (Lipinski definition) is 2. The van der Waals surface area contributed by atoms with Gasteiger partial charge in [-0.3, -0.25) is 11.3 Å². The molecule has 1 aromatic carbocycles. The smallest absolute Gasteiger partial charge is 0.0281 e. The SMILES string of the molecule is Cc1ccc(C)c(CC(NN)C2CCCC2C)c1. The zero-order chi connectivity index (χ0) is 13.1. The van der Waals surface area contributed by atoms with E-state index >= 15 is 0 Å². The van der Waals surface area contributed by atoms with Gasteiger partial charge in [-0.2, -0.15) is 0 Å². The lowest BCUT2D eigenvalue weighted by atomic mass is 9.85. The molecule has 3 unspecified atom stereocenters. The molecule has 1 aliphatic carbocycles. The summed E-state index contributed by atoms with van der Waals surface area (Å²) in [5.74, 6) is 7.33. The predicted molar refractivity (Wildman–Crippen MR) is 77.2 cm³/mol. The minimum Gasteiger partial charge on any atom is -0.271 e. The van der Waals surface area contributed by atoms with E-state index in [9.17, 15) is 0 Å². The normalized spacial score (nSPS) is 25.3. The van der Waals surface area contributed by atoms with E-state index in [1.807, 2.05) is 0 Å². The first kappa shape index (κ1) is 13.6. The van der Waals surface area contributed by atoms with E-state index in [1.165, 1.54) is 36.0 Å². The van der Waals surface area contributed by atoms with Crippen LogP contribution >= 0.6 is 0 Å². The summed E-state index contributed by atoms with van der Waals surface area (Å²) in [5, 5.41) is 0. The average molecular weight is 246 g/mol. The Morgan fingerprint density at radius 3 is 2.72 bits per heavy atom. The highest BCUT2D eigenvalue weighted by molar-refractivity contribution is 5.31. The molecular weight excluding hydrogens is 220 g/mol. The molecule has 1 aromatic rings. The van der Waals surface area contributed by atoms with Crippen molar-refractivity contribution in [3.8, 4) is 0 Å². The lowest BCUT2D eigenvalue weighted by Crippen LogP contribution is -2.43. The molecule has 0 saturated heterocycles. The second-order valence-corrected chi connectivity index (χ2v) is 5.98. The van der Waals surface area contributed by atoms with Crippen LogP contribution in [0.2, 0.25) is 0 Å². The van der Waals surface area contributed by atoms with E-state index in [-0.39, 0.29) is 0 Å². The Morgan fingerprint density at radius 2 is 2.11 bits per heavy atom. The van der Waals surface area contributed by atoms with Gasteiger partial charge in [-0.1, -0.05) is 43.5 Å². The van der Waals surface area contributed by atoms with Gasteiger partial charge in [0.15, 0.2) is 0 Å². The van der Waals surface area contributed by atoms with Crippen molar-refractivity contribution in [1.29, 1.82) is 0 Å². The van der Waals surface area contributed by atoms with Crippen molar-refractivity contribution in [3.05, 3.63) is 34.9 Å². The summed E-state index contributed by atoms with van der Waals surface area (Å²) in [4.78, 5) is 0. The molecule has 1 saturated carbocycles. The predicted octanol–water partition coefficient (Wildman–Crippen LogP) is 3.11.